The maximum Gasteiger partial charge on any atom is 0.416 e. The summed E-state index contributed by atoms with van der Waals surface area (Å²) in [5.41, 5.74) is 47.6. The second-order valence-electron chi connectivity index (χ2n) is 30.0. The fourth-order valence-electron chi connectivity index (χ4n) is 15.0. The van der Waals surface area contributed by atoms with Gasteiger partial charge < -0.3 is 87.2 Å². The summed E-state index contributed by atoms with van der Waals surface area (Å²) in [5, 5.41) is 14.6. The van der Waals surface area contributed by atoms with Crippen LogP contribution < -0.4 is 87.2 Å². The second kappa shape index (κ2) is 43.4. The molecule has 0 radical (unpaired) electrons. The largest absolute Gasteiger partial charge is 0.491 e. The highest BCUT2D eigenvalue weighted by Crippen LogP contribution is 2.46. The normalized spacial score (nSPS) is 18.0. The van der Waals surface area contributed by atoms with Gasteiger partial charge in [-0.2, -0.15) is 26.3 Å². The zero-order chi connectivity index (χ0) is 91.3. The number of ether oxygens (including phenoxy) is 2. The molecule has 6 unspecified atom stereocenters. The zero-order valence-corrected chi connectivity index (χ0v) is 72.0. The lowest BCUT2D eigenvalue weighted by molar-refractivity contribution is -0.138. The Morgan fingerprint density at radius 3 is 1.31 bits per heavy atom. The van der Waals surface area contributed by atoms with E-state index in [1.807, 2.05) is 36.4 Å². The van der Waals surface area contributed by atoms with Crippen LogP contribution in [0.5, 0.6) is 11.5 Å². The minimum absolute atomic E-state index is 0.0146. The van der Waals surface area contributed by atoms with Gasteiger partial charge in [-0.3, -0.25) is 38.8 Å². The fourth-order valence-corrected chi connectivity index (χ4v) is 20.7. The molecule has 7 aromatic rings. The third-order valence-corrected chi connectivity index (χ3v) is 27.5. The number of amides is 6. The Hall–Kier alpha value is -12.0. The van der Waals surface area contributed by atoms with E-state index in [2.05, 4.69) is 60.1 Å². The van der Waals surface area contributed by atoms with Gasteiger partial charge in [0.1, 0.15) is 24.7 Å². The van der Waals surface area contributed by atoms with E-state index in [9.17, 15) is 71.9 Å². The number of thioether (sulfide) groups is 2. The SMILES string of the molecule is NC(N)=NCCCCC(=O)NC1=CC2C(C=C1)Cc1ccc(NC(=O)CCCCN=C(N)N)cc1S2(=O)=O.NCCOc1ccccc1C(=O)NC1=CC2Cc3cc(NC(=O)c4ccccc4OCCN)ccc3C2C=C1.NCCSc1ccc(C(F)(F)F)cc1C(=O)NC1=CC2C(C=C1)Cc1ccc(NC(=O)c3cc(C(F)(F)F)ccc3SCCN)cc1S2(=O)=O. The number of nitrogens with one attached hydrogen (secondary N) is 6. The molecule has 6 atom stereocenters. The first kappa shape index (κ1) is 95.6. The number of benzene rings is 7. The van der Waals surface area contributed by atoms with Crippen LogP contribution in [0, 0.1) is 17.8 Å². The number of nitrogens with zero attached hydrogens (tertiary/aromatic N) is 2. The molecule has 7 aromatic carbocycles. The lowest BCUT2D eigenvalue weighted by Crippen LogP contribution is -2.37. The molecule has 0 saturated heterocycles. The number of unbranched alkanes of at least 4 members (excludes halogenated alkanes) is 2. The van der Waals surface area contributed by atoms with Crippen LogP contribution in [0.25, 0.3) is 0 Å². The second-order valence-corrected chi connectivity index (χ2v) is 36.5. The number of carbonyl (C=O) groups is 6. The minimum Gasteiger partial charge on any atom is -0.491 e. The topological polar surface area (TPSA) is 494 Å². The number of halogens is 6. The number of carbonyl (C=O) groups excluding carboxylic acids is 6. The van der Waals surface area contributed by atoms with E-state index in [0.29, 0.717) is 128 Å². The number of hydrogen-bond acceptors (Lipinski definition) is 20. The van der Waals surface area contributed by atoms with Crippen LogP contribution in [0.2, 0.25) is 0 Å². The van der Waals surface area contributed by atoms with Gasteiger partial charge in [-0.25, -0.2) is 16.8 Å². The molecule has 0 aromatic heterocycles. The van der Waals surface area contributed by atoms with Crippen molar-refractivity contribution >= 4 is 108 Å². The van der Waals surface area contributed by atoms with E-state index in [0.717, 1.165) is 65.6 Å². The highest BCUT2D eigenvalue weighted by molar-refractivity contribution is 7.99. The quantitative estimate of drug-likeness (QED) is 0.00612. The average Bonchev–Trinajstić information content (AvgIpc) is 1.35. The van der Waals surface area contributed by atoms with Crippen molar-refractivity contribution < 1.29 is 81.4 Å². The van der Waals surface area contributed by atoms with E-state index in [1.54, 1.807) is 66.8 Å². The van der Waals surface area contributed by atoms with Gasteiger partial charge in [-0.15, -0.1) is 23.5 Å². The van der Waals surface area contributed by atoms with Gasteiger partial charge in [-0.05, 0) is 201 Å². The van der Waals surface area contributed by atoms with E-state index < -0.39 is 71.4 Å². The number of fused-ring (bicyclic) bond motifs is 7. The first-order valence-electron chi connectivity index (χ1n) is 40.6. The van der Waals surface area contributed by atoms with Gasteiger partial charge in [0.15, 0.2) is 31.6 Å². The van der Waals surface area contributed by atoms with E-state index >= 15 is 0 Å². The minimum atomic E-state index is -4.71. The molecule has 13 rings (SSSR count). The average molecular weight is 1830 g/mol. The lowest BCUT2D eigenvalue weighted by atomic mass is 9.88. The van der Waals surface area contributed by atoms with Crippen molar-refractivity contribution in [2.75, 3.05) is 79.9 Å². The van der Waals surface area contributed by atoms with Crippen LogP contribution in [-0.2, 0) is 60.9 Å². The lowest BCUT2D eigenvalue weighted by Gasteiger charge is -2.32. The molecule has 0 spiro atoms. The first-order chi connectivity index (χ1) is 60.6. The van der Waals surface area contributed by atoms with E-state index in [4.69, 9.17) is 55.3 Å². The van der Waals surface area contributed by atoms with Crippen molar-refractivity contribution in [3.8, 4) is 11.5 Å². The number of para-hydroxylation sites is 2. The van der Waals surface area contributed by atoms with Crippen molar-refractivity contribution in [2.24, 2.45) is 73.6 Å². The summed E-state index contributed by atoms with van der Waals surface area (Å²) >= 11 is 2.20. The molecule has 4 aliphatic carbocycles. The summed E-state index contributed by atoms with van der Waals surface area (Å²) in [6.45, 7) is 2.74. The van der Waals surface area contributed by atoms with Gasteiger partial charge in [0.05, 0.1) is 53.7 Å². The van der Waals surface area contributed by atoms with Gasteiger partial charge >= 0.3 is 12.4 Å². The summed E-state index contributed by atoms with van der Waals surface area (Å²) in [5.74, 6) is -1.27. The Kier molecular flexibility index (Phi) is 32.7. The molecule has 0 saturated carbocycles. The number of nitrogens with two attached hydrogens (primary N) is 8. The maximum atomic E-state index is 13.9. The number of rotatable bonds is 32. The molecule has 22 N–H and O–H groups in total. The van der Waals surface area contributed by atoms with Crippen molar-refractivity contribution in [3.05, 3.63) is 267 Å². The van der Waals surface area contributed by atoms with E-state index in [-0.39, 0.29) is 128 Å². The van der Waals surface area contributed by atoms with Crippen molar-refractivity contribution in [1.29, 1.82) is 0 Å². The highest BCUT2D eigenvalue weighted by Gasteiger charge is 2.43. The zero-order valence-electron chi connectivity index (χ0n) is 68.7. The molecule has 2 heterocycles. The molecule has 6 amide bonds. The molecule has 0 fully saturated rings. The number of hydrogen-bond donors (Lipinski definition) is 14. The monoisotopic (exact) mass is 1820 g/mol. The van der Waals surface area contributed by atoms with Crippen LogP contribution in [0.1, 0.15) is 119 Å². The summed E-state index contributed by atoms with van der Waals surface area (Å²) in [6.07, 6.45) is 11.0. The van der Waals surface area contributed by atoms with Gasteiger partial charge in [-0.1, -0.05) is 66.8 Å². The number of aliphatic imine (C=N–C) groups is 2. The van der Waals surface area contributed by atoms with Crippen LogP contribution in [0.3, 0.4) is 0 Å². The maximum absolute atomic E-state index is 13.9. The predicted molar refractivity (Wildman–Crippen MR) is 478 cm³/mol. The molecule has 2 aliphatic heterocycles. The molecular formula is C89H98F6N16O12S4. The third-order valence-electron chi connectivity index (χ3n) is 20.9. The summed E-state index contributed by atoms with van der Waals surface area (Å²) in [7, 11) is -7.90. The smallest absolute Gasteiger partial charge is 0.416 e. The van der Waals surface area contributed by atoms with Gasteiger partial charge in [0.25, 0.3) is 23.6 Å². The Labute approximate surface area is 738 Å². The summed E-state index contributed by atoms with van der Waals surface area (Å²) in [6, 6.07) is 35.0. The highest BCUT2D eigenvalue weighted by atomic mass is 32.2. The molecule has 28 nitrogen and oxygen atoms in total. The Morgan fingerprint density at radius 2 is 0.835 bits per heavy atom. The molecule has 672 valence electrons. The van der Waals surface area contributed by atoms with E-state index in [1.165, 1.54) is 59.7 Å². The number of guanidine groups is 2. The predicted octanol–water partition coefficient (Wildman–Crippen LogP) is 10.4. The number of alkyl halides is 6. The van der Waals surface area contributed by atoms with Crippen molar-refractivity contribution in [2.45, 2.75) is 106 Å². The molecule has 6 aliphatic rings. The Balaban J connectivity index is 0.000000187. The van der Waals surface area contributed by atoms with Crippen LogP contribution in [0.4, 0.5) is 43.4 Å². The summed E-state index contributed by atoms with van der Waals surface area (Å²) < 4.78 is 147. The number of anilines is 3. The van der Waals surface area contributed by atoms with Gasteiger partial charge in [0.2, 0.25) is 11.8 Å². The standard InChI is InChI=1S/C33H30F6N4O4S3.C31H32N4O4.C25H36N8O4S/c34-32(35,36)20-3-7-26(48-11-9-40)24(14-20)30(44)42-22-5-1-18-13-19-2-6-23(17-29(19)50(46,47)28(18)16-22)43-31(45)25-15-21(33(37,38)39)4-8-27(25)49-12-10-41;32-13-15-38-28-7-3-1-5-26(28)30(36)34-22-9-11-24-20(18-22)17-21-19-23(10-12-25(21)24)35-31(37)27-6-2-4-8-29(27)39-16-14-33;26-24(27)30-11-3-1-5-22(34)32-18-9-7-16-13-17-8-10-19(15-21(17)38(36,37)20(16)14-18)33-23(35)6-2-4-12-31-25(28)29/h1-8,14-18,28H,9-13,40-41H2,(H,42,44)(H,43,45);1-12,18-20,24H,13-17,32-33H2,(H,34,36)(H,35,37);7-10,14-16,20H,1-6,11-13H2,(H,32,34)(H,33,35)(H4,26,27,30)(H4,28,29,31). The van der Waals surface area contributed by atoms with Crippen LogP contribution in [-0.4, -0.2) is 139 Å². The van der Waals surface area contributed by atoms with Crippen molar-refractivity contribution in [3.63, 3.8) is 0 Å². The van der Waals surface area contributed by atoms with Gasteiger partial charge in [0, 0.05) is 125 Å². The molecule has 127 heavy (non-hydrogen) atoms. The fraction of sp³-hybridized carbons (Fsp3) is 0.303. The first-order valence-corrected chi connectivity index (χ1v) is 45.7. The van der Waals surface area contributed by atoms with Crippen LogP contribution >= 0.6 is 23.5 Å². The van der Waals surface area contributed by atoms with Crippen LogP contribution in [0.15, 0.2) is 241 Å². The molecule has 0 bridgehead atoms. The Morgan fingerprint density at radius 1 is 0.425 bits per heavy atom. The third kappa shape index (κ3) is 25.2. The van der Waals surface area contributed by atoms with Crippen molar-refractivity contribution in [1.82, 2.24) is 16.0 Å². The molecular weight excluding hydrogens is 1730 g/mol. The Bertz CT molecular complexity index is 5780. The molecule has 38 heteroatoms. The number of sulfone groups is 2. The summed E-state index contributed by atoms with van der Waals surface area (Å²) in [4.78, 5) is 85.5. The number of allylic oxidation sites excluding steroid dienone is 7.